The van der Waals surface area contributed by atoms with Gasteiger partial charge in [0.1, 0.15) is 12.4 Å². The van der Waals surface area contributed by atoms with E-state index in [0.29, 0.717) is 16.9 Å². The van der Waals surface area contributed by atoms with Crippen molar-refractivity contribution in [1.82, 2.24) is 4.98 Å². The quantitative estimate of drug-likeness (QED) is 0.916. The van der Waals surface area contributed by atoms with E-state index in [1.807, 2.05) is 24.3 Å². The average Bonchev–Trinajstić information content (AvgIpc) is 2.67. The van der Waals surface area contributed by atoms with E-state index in [2.05, 4.69) is 15.2 Å². The first-order chi connectivity index (χ1) is 12.2. The number of para-hydroxylation sites is 2. The molecule has 6 heteroatoms. The van der Waals surface area contributed by atoms with E-state index in [0.717, 1.165) is 18.9 Å². The van der Waals surface area contributed by atoms with Gasteiger partial charge in [-0.3, -0.25) is 14.5 Å². The number of fused-ring (bicyclic) bond motifs is 1. The van der Waals surface area contributed by atoms with Crippen LogP contribution in [0.5, 0.6) is 0 Å². The Morgan fingerprint density at radius 1 is 1.04 bits per heavy atom. The zero-order valence-electron chi connectivity index (χ0n) is 13.9. The Morgan fingerprint density at radius 2 is 1.84 bits per heavy atom. The Morgan fingerprint density at radius 3 is 2.60 bits per heavy atom. The molecule has 0 saturated carbocycles. The van der Waals surface area contributed by atoms with E-state index in [4.69, 9.17) is 0 Å². The third-order valence-corrected chi connectivity index (χ3v) is 4.69. The molecule has 0 unspecified atom stereocenters. The Bertz CT molecular complexity index is 797. The third kappa shape index (κ3) is 3.07. The summed E-state index contributed by atoms with van der Waals surface area (Å²) in [5.41, 5.74) is 1.86. The average molecular weight is 336 g/mol. The molecule has 1 aromatic carbocycles. The fourth-order valence-electron chi connectivity index (χ4n) is 3.39. The number of hydrogen-bond donors (Lipinski definition) is 1. The van der Waals surface area contributed by atoms with Crippen molar-refractivity contribution < 1.29 is 9.59 Å². The summed E-state index contributed by atoms with van der Waals surface area (Å²) >= 11 is 0. The van der Waals surface area contributed by atoms with Crippen LogP contribution in [0, 0.1) is 0 Å². The highest BCUT2D eigenvalue weighted by Crippen LogP contribution is 2.30. The minimum absolute atomic E-state index is 0.0176. The molecule has 2 amide bonds. The monoisotopic (exact) mass is 336 g/mol. The molecule has 2 aromatic rings. The number of aromatic nitrogens is 1. The molecule has 6 nitrogen and oxygen atoms in total. The first-order valence-corrected chi connectivity index (χ1v) is 8.64. The van der Waals surface area contributed by atoms with Gasteiger partial charge < -0.3 is 10.2 Å². The van der Waals surface area contributed by atoms with Gasteiger partial charge in [0.25, 0.3) is 5.91 Å². The van der Waals surface area contributed by atoms with E-state index >= 15 is 0 Å². The molecule has 0 radical (unpaired) electrons. The summed E-state index contributed by atoms with van der Waals surface area (Å²) in [6.07, 6.45) is 5.25. The lowest BCUT2D eigenvalue weighted by molar-refractivity contribution is -0.115. The van der Waals surface area contributed by atoms with Crippen molar-refractivity contribution in [2.45, 2.75) is 19.3 Å². The lowest BCUT2D eigenvalue weighted by Crippen LogP contribution is -2.42. The summed E-state index contributed by atoms with van der Waals surface area (Å²) in [5.74, 6) is 0.512. The summed E-state index contributed by atoms with van der Waals surface area (Å²) < 4.78 is 0. The van der Waals surface area contributed by atoms with Crippen molar-refractivity contribution in [3.05, 3.63) is 48.2 Å². The lowest BCUT2D eigenvalue weighted by Gasteiger charge is -2.29. The fourth-order valence-corrected chi connectivity index (χ4v) is 3.39. The van der Waals surface area contributed by atoms with E-state index < -0.39 is 0 Å². The second-order valence-electron chi connectivity index (χ2n) is 6.41. The SMILES string of the molecule is O=C1CN(C(=O)c2ccc(N3CCCCC3)nc2)c2ccccc2N1. The molecule has 0 atom stereocenters. The Balaban J connectivity index is 1.58. The highest BCUT2D eigenvalue weighted by molar-refractivity contribution is 6.15. The number of piperidine rings is 1. The first-order valence-electron chi connectivity index (χ1n) is 8.64. The van der Waals surface area contributed by atoms with Crippen molar-refractivity contribution in [1.29, 1.82) is 0 Å². The highest BCUT2D eigenvalue weighted by atomic mass is 16.2. The smallest absolute Gasteiger partial charge is 0.260 e. The third-order valence-electron chi connectivity index (χ3n) is 4.69. The minimum Gasteiger partial charge on any atom is -0.357 e. The maximum atomic E-state index is 12.9. The van der Waals surface area contributed by atoms with E-state index in [9.17, 15) is 9.59 Å². The number of carbonyl (C=O) groups excluding carboxylic acids is 2. The molecule has 1 fully saturated rings. The second kappa shape index (κ2) is 6.55. The van der Waals surface area contributed by atoms with Gasteiger partial charge in [-0.15, -0.1) is 0 Å². The molecule has 1 saturated heterocycles. The van der Waals surface area contributed by atoms with Crippen LogP contribution in [0.3, 0.4) is 0 Å². The van der Waals surface area contributed by atoms with Crippen LogP contribution in [0.25, 0.3) is 0 Å². The number of rotatable bonds is 2. The van der Waals surface area contributed by atoms with Crippen molar-refractivity contribution >= 4 is 29.0 Å². The number of amides is 2. The molecule has 0 bridgehead atoms. The molecule has 0 spiro atoms. The van der Waals surface area contributed by atoms with Gasteiger partial charge in [0, 0.05) is 19.3 Å². The zero-order chi connectivity index (χ0) is 17.2. The lowest BCUT2D eigenvalue weighted by atomic mass is 10.1. The molecule has 1 N–H and O–H groups in total. The van der Waals surface area contributed by atoms with Gasteiger partial charge >= 0.3 is 0 Å². The number of anilines is 3. The molecule has 25 heavy (non-hydrogen) atoms. The number of carbonyl (C=O) groups is 2. The topological polar surface area (TPSA) is 65.5 Å². The van der Waals surface area contributed by atoms with Crippen LogP contribution in [-0.4, -0.2) is 36.4 Å². The summed E-state index contributed by atoms with van der Waals surface area (Å²) in [4.78, 5) is 33.0. The van der Waals surface area contributed by atoms with E-state index in [1.165, 1.54) is 24.2 Å². The Hall–Kier alpha value is -2.89. The van der Waals surface area contributed by atoms with Gasteiger partial charge in [-0.05, 0) is 43.5 Å². The van der Waals surface area contributed by atoms with Crippen molar-refractivity contribution in [2.75, 3.05) is 34.8 Å². The van der Waals surface area contributed by atoms with Crippen LogP contribution in [0.1, 0.15) is 29.6 Å². The van der Waals surface area contributed by atoms with Crippen molar-refractivity contribution in [3.63, 3.8) is 0 Å². The number of hydrogen-bond acceptors (Lipinski definition) is 4. The summed E-state index contributed by atoms with van der Waals surface area (Å²) in [6, 6.07) is 11.0. The van der Waals surface area contributed by atoms with Crippen LogP contribution in [0.15, 0.2) is 42.6 Å². The van der Waals surface area contributed by atoms with Gasteiger partial charge in [0.2, 0.25) is 5.91 Å². The number of nitrogens with one attached hydrogen (secondary N) is 1. The maximum Gasteiger partial charge on any atom is 0.260 e. The summed E-state index contributed by atoms with van der Waals surface area (Å²) in [6.45, 7) is 2.05. The Labute approximate surface area is 146 Å². The van der Waals surface area contributed by atoms with E-state index in [1.54, 1.807) is 18.3 Å². The molecule has 1 aromatic heterocycles. The number of pyridine rings is 1. The van der Waals surface area contributed by atoms with Crippen LogP contribution in [0.4, 0.5) is 17.2 Å². The summed E-state index contributed by atoms with van der Waals surface area (Å²) in [7, 11) is 0. The number of nitrogens with zero attached hydrogens (tertiary/aromatic N) is 3. The molecular weight excluding hydrogens is 316 g/mol. The van der Waals surface area contributed by atoms with Gasteiger partial charge in [0.05, 0.1) is 16.9 Å². The molecule has 3 heterocycles. The second-order valence-corrected chi connectivity index (χ2v) is 6.41. The normalized spacial score (nSPS) is 17.0. The van der Waals surface area contributed by atoms with Gasteiger partial charge in [-0.1, -0.05) is 12.1 Å². The molecular formula is C19H20N4O2. The van der Waals surface area contributed by atoms with Crippen molar-refractivity contribution in [3.8, 4) is 0 Å². The first kappa shape index (κ1) is 15.6. The highest BCUT2D eigenvalue weighted by Gasteiger charge is 2.27. The van der Waals surface area contributed by atoms with Crippen LogP contribution < -0.4 is 15.1 Å². The predicted molar refractivity (Wildman–Crippen MR) is 97.0 cm³/mol. The van der Waals surface area contributed by atoms with Gasteiger partial charge in [-0.2, -0.15) is 0 Å². The molecule has 2 aliphatic heterocycles. The molecule has 2 aliphatic rings. The maximum absolute atomic E-state index is 12.9. The van der Waals surface area contributed by atoms with E-state index in [-0.39, 0.29) is 18.4 Å². The molecule has 0 aliphatic carbocycles. The fraction of sp³-hybridized carbons (Fsp3) is 0.316. The predicted octanol–water partition coefficient (Wildman–Crippen LogP) is 2.67. The summed E-state index contributed by atoms with van der Waals surface area (Å²) in [5, 5.41) is 2.79. The molecule has 4 rings (SSSR count). The van der Waals surface area contributed by atoms with Crippen molar-refractivity contribution in [2.24, 2.45) is 0 Å². The number of benzene rings is 1. The standard InChI is InChI=1S/C19H20N4O2/c24-18-13-23(16-7-3-2-6-15(16)21-18)19(25)14-8-9-17(20-12-14)22-10-4-1-5-11-22/h2-3,6-9,12H,1,4-5,10-11,13H2,(H,21,24). The van der Waals surface area contributed by atoms with Gasteiger partial charge in [0.15, 0.2) is 0 Å². The Kier molecular flexibility index (Phi) is 4.09. The largest absolute Gasteiger partial charge is 0.357 e. The molecule has 128 valence electrons. The van der Waals surface area contributed by atoms with Crippen LogP contribution in [0.2, 0.25) is 0 Å². The minimum atomic E-state index is -0.208. The van der Waals surface area contributed by atoms with Crippen LogP contribution in [-0.2, 0) is 4.79 Å². The van der Waals surface area contributed by atoms with Crippen LogP contribution >= 0.6 is 0 Å². The van der Waals surface area contributed by atoms with Gasteiger partial charge in [-0.25, -0.2) is 4.98 Å². The zero-order valence-corrected chi connectivity index (χ0v) is 13.9.